The van der Waals surface area contributed by atoms with E-state index in [0.717, 1.165) is 5.75 Å². The molecule has 1 atom stereocenters. The lowest BCUT2D eigenvalue weighted by atomic mass is 9.76. The topological polar surface area (TPSA) is 35.2 Å². The second-order valence-electron chi connectivity index (χ2n) is 6.02. The van der Waals surface area contributed by atoms with Crippen molar-refractivity contribution in [2.45, 2.75) is 52.5 Å². The van der Waals surface area contributed by atoms with E-state index in [4.69, 9.17) is 10.5 Å². The molecule has 0 heterocycles. The molecule has 1 aromatic rings. The van der Waals surface area contributed by atoms with Gasteiger partial charge < -0.3 is 10.5 Å². The van der Waals surface area contributed by atoms with E-state index in [2.05, 4.69) is 32.9 Å². The normalized spacial score (nSPS) is 19.8. The average Bonchev–Trinajstić information content (AvgIpc) is 2.79. The number of methoxy groups -OCH3 is 1. The molecule has 0 aromatic heterocycles. The highest BCUT2D eigenvalue weighted by molar-refractivity contribution is 5.43. The first-order chi connectivity index (χ1) is 8.48. The minimum absolute atomic E-state index is 0.143. The molecule has 0 amide bonds. The van der Waals surface area contributed by atoms with E-state index in [9.17, 15) is 0 Å². The summed E-state index contributed by atoms with van der Waals surface area (Å²) in [5.41, 5.74) is 10.5. The summed E-state index contributed by atoms with van der Waals surface area (Å²) in [5.74, 6) is 0.958. The van der Waals surface area contributed by atoms with Crippen LogP contribution in [0.15, 0.2) is 12.1 Å². The van der Waals surface area contributed by atoms with Crippen LogP contribution >= 0.6 is 0 Å². The Morgan fingerprint density at radius 3 is 2.33 bits per heavy atom. The molecule has 0 radical (unpaired) electrons. The Balaban J connectivity index is 2.36. The van der Waals surface area contributed by atoms with Gasteiger partial charge in [0.05, 0.1) is 7.11 Å². The summed E-state index contributed by atoms with van der Waals surface area (Å²) in [6.45, 7) is 6.56. The number of benzene rings is 1. The average molecular weight is 247 g/mol. The van der Waals surface area contributed by atoms with Gasteiger partial charge >= 0.3 is 0 Å². The Morgan fingerprint density at radius 1 is 1.17 bits per heavy atom. The Bertz CT molecular complexity index is 433. The molecule has 1 aliphatic carbocycles. The fourth-order valence-corrected chi connectivity index (χ4v) is 3.24. The van der Waals surface area contributed by atoms with Gasteiger partial charge in [0, 0.05) is 6.04 Å². The summed E-state index contributed by atoms with van der Waals surface area (Å²) in [6.07, 6.45) is 5.13. The van der Waals surface area contributed by atoms with Gasteiger partial charge in [-0.2, -0.15) is 0 Å². The zero-order valence-corrected chi connectivity index (χ0v) is 12.0. The Morgan fingerprint density at radius 2 is 1.78 bits per heavy atom. The van der Waals surface area contributed by atoms with Crippen LogP contribution < -0.4 is 10.5 Å². The van der Waals surface area contributed by atoms with Crippen LogP contribution in [-0.4, -0.2) is 7.11 Å². The number of nitrogens with two attached hydrogens (primary N) is 1. The maximum atomic E-state index is 6.55. The van der Waals surface area contributed by atoms with E-state index in [1.54, 1.807) is 7.11 Å². The molecule has 1 aromatic carbocycles. The molecule has 0 spiro atoms. The van der Waals surface area contributed by atoms with Gasteiger partial charge in [0.15, 0.2) is 0 Å². The second-order valence-corrected chi connectivity index (χ2v) is 6.02. The van der Waals surface area contributed by atoms with Crippen LogP contribution in [0, 0.1) is 19.3 Å². The highest BCUT2D eigenvalue weighted by atomic mass is 16.5. The minimum atomic E-state index is 0.143. The Hall–Kier alpha value is -1.02. The fourth-order valence-electron chi connectivity index (χ4n) is 3.24. The van der Waals surface area contributed by atoms with Crippen molar-refractivity contribution >= 4 is 0 Å². The summed E-state index contributed by atoms with van der Waals surface area (Å²) in [5, 5.41) is 0. The van der Waals surface area contributed by atoms with E-state index < -0.39 is 0 Å². The molecule has 0 aliphatic heterocycles. The van der Waals surface area contributed by atoms with Crippen molar-refractivity contribution in [1.82, 2.24) is 0 Å². The smallest absolute Gasteiger partial charge is 0.122 e. The number of rotatable bonds is 3. The van der Waals surface area contributed by atoms with Crippen molar-refractivity contribution in [2.24, 2.45) is 11.1 Å². The molecule has 2 rings (SSSR count). The SMILES string of the molecule is COc1cc(C)c(C(N)C2(C)CCCC2)cc1C. The lowest BCUT2D eigenvalue weighted by Gasteiger charge is -2.32. The van der Waals surface area contributed by atoms with Gasteiger partial charge in [-0.25, -0.2) is 0 Å². The highest BCUT2D eigenvalue weighted by Gasteiger charge is 2.36. The first-order valence-corrected chi connectivity index (χ1v) is 6.88. The standard InChI is InChI=1S/C16H25NO/c1-11-10-14(18-4)12(2)9-13(11)15(17)16(3)7-5-6-8-16/h9-10,15H,5-8,17H2,1-4H3. The molecule has 100 valence electrons. The molecule has 2 N–H and O–H groups in total. The molecule has 1 unspecified atom stereocenters. The van der Waals surface area contributed by atoms with E-state index in [-0.39, 0.29) is 11.5 Å². The van der Waals surface area contributed by atoms with Crippen LogP contribution in [0.25, 0.3) is 0 Å². The summed E-state index contributed by atoms with van der Waals surface area (Å²) in [4.78, 5) is 0. The van der Waals surface area contributed by atoms with E-state index in [1.807, 2.05) is 0 Å². The molecular formula is C16H25NO. The van der Waals surface area contributed by atoms with Crippen LogP contribution in [0.3, 0.4) is 0 Å². The number of hydrogen-bond acceptors (Lipinski definition) is 2. The summed E-state index contributed by atoms with van der Waals surface area (Å²) in [6, 6.07) is 4.47. The van der Waals surface area contributed by atoms with Crippen LogP contribution in [0.4, 0.5) is 0 Å². The molecule has 1 aliphatic rings. The van der Waals surface area contributed by atoms with Gasteiger partial charge in [0.2, 0.25) is 0 Å². The number of aryl methyl sites for hydroxylation is 2. The molecule has 2 heteroatoms. The molecule has 2 nitrogen and oxygen atoms in total. The van der Waals surface area contributed by atoms with E-state index in [1.165, 1.54) is 42.4 Å². The monoisotopic (exact) mass is 247 g/mol. The molecule has 1 fully saturated rings. The summed E-state index contributed by atoms with van der Waals surface area (Å²) in [7, 11) is 1.72. The third kappa shape index (κ3) is 2.26. The Labute approximate surface area is 111 Å². The minimum Gasteiger partial charge on any atom is -0.496 e. The van der Waals surface area contributed by atoms with Gasteiger partial charge in [0.1, 0.15) is 5.75 Å². The zero-order valence-electron chi connectivity index (χ0n) is 12.0. The maximum absolute atomic E-state index is 6.55. The zero-order chi connectivity index (χ0) is 13.3. The predicted molar refractivity (Wildman–Crippen MR) is 76.0 cm³/mol. The molecule has 0 bridgehead atoms. The molecule has 1 saturated carbocycles. The van der Waals surface area contributed by atoms with Crippen LogP contribution in [0.1, 0.15) is 55.3 Å². The van der Waals surface area contributed by atoms with Crippen molar-refractivity contribution in [3.63, 3.8) is 0 Å². The van der Waals surface area contributed by atoms with Gasteiger partial charge in [-0.15, -0.1) is 0 Å². The summed E-state index contributed by atoms with van der Waals surface area (Å²) < 4.78 is 5.37. The van der Waals surface area contributed by atoms with Crippen molar-refractivity contribution < 1.29 is 4.74 Å². The predicted octanol–water partition coefficient (Wildman–Crippen LogP) is 3.89. The Kier molecular flexibility index (Phi) is 3.67. The van der Waals surface area contributed by atoms with Gasteiger partial charge in [-0.1, -0.05) is 25.8 Å². The molecule has 18 heavy (non-hydrogen) atoms. The third-order valence-corrected chi connectivity index (χ3v) is 4.62. The van der Waals surface area contributed by atoms with Crippen molar-refractivity contribution in [1.29, 1.82) is 0 Å². The number of hydrogen-bond donors (Lipinski definition) is 1. The first kappa shape index (κ1) is 13.4. The van der Waals surface area contributed by atoms with E-state index >= 15 is 0 Å². The first-order valence-electron chi connectivity index (χ1n) is 6.88. The van der Waals surface area contributed by atoms with Crippen molar-refractivity contribution in [2.75, 3.05) is 7.11 Å². The summed E-state index contributed by atoms with van der Waals surface area (Å²) >= 11 is 0. The van der Waals surface area contributed by atoms with Crippen LogP contribution in [0.5, 0.6) is 5.75 Å². The molecular weight excluding hydrogens is 222 g/mol. The second kappa shape index (κ2) is 4.93. The van der Waals surface area contributed by atoms with Gasteiger partial charge in [0.25, 0.3) is 0 Å². The van der Waals surface area contributed by atoms with Gasteiger partial charge in [-0.05, 0) is 54.9 Å². The van der Waals surface area contributed by atoms with Crippen molar-refractivity contribution in [3.8, 4) is 5.75 Å². The van der Waals surface area contributed by atoms with Crippen LogP contribution in [0.2, 0.25) is 0 Å². The lowest BCUT2D eigenvalue weighted by molar-refractivity contribution is 0.264. The van der Waals surface area contributed by atoms with Gasteiger partial charge in [-0.3, -0.25) is 0 Å². The number of ether oxygens (including phenoxy) is 1. The largest absolute Gasteiger partial charge is 0.496 e. The quantitative estimate of drug-likeness (QED) is 0.879. The third-order valence-electron chi connectivity index (χ3n) is 4.62. The van der Waals surface area contributed by atoms with Crippen molar-refractivity contribution in [3.05, 3.63) is 28.8 Å². The fraction of sp³-hybridized carbons (Fsp3) is 0.625. The lowest BCUT2D eigenvalue weighted by Crippen LogP contribution is -2.30. The van der Waals surface area contributed by atoms with E-state index in [0.29, 0.717) is 0 Å². The maximum Gasteiger partial charge on any atom is 0.122 e. The molecule has 0 saturated heterocycles. The highest BCUT2D eigenvalue weighted by Crippen LogP contribution is 2.47. The van der Waals surface area contributed by atoms with Crippen LogP contribution in [-0.2, 0) is 0 Å².